The van der Waals surface area contributed by atoms with Crippen molar-refractivity contribution in [3.63, 3.8) is 0 Å². The van der Waals surface area contributed by atoms with E-state index in [0.717, 1.165) is 19.3 Å². The van der Waals surface area contributed by atoms with Crippen LogP contribution in [-0.2, 0) is 4.79 Å². The summed E-state index contributed by atoms with van der Waals surface area (Å²) in [6.45, 7) is 1.40. The lowest BCUT2D eigenvalue weighted by Gasteiger charge is -2.36. The van der Waals surface area contributed by atoms with E-state index in [9.17, 15) is 14.4 Å². The van der Waals surface area contributed by atoms with Crippen molar-refractivity contribution in [3.8, 4) is 0 Å². The normalized spacial score (nSPS) is 16.0. The molecule has 1 unspecified atom stereocenters. The quantitative estimate of drug-likeness (QED) is 0.661. The van der Waals surface area contributed by atoms with Crippen molar-refractivity contribution in [2.45, 2.75) is 31.7 Å². The van der Waals surface area contributed by atoms with E-state index >= 15 is 0 Å². The number of carbonyl (C=O) groups is 3. The molecule has 1 aromatic carbocycles. The number of rotatable bonds is 6. The summed E-state index contributed by atoms with van der Waals surface area (Å²) in [5, 5.41) is 5.62. The number of nitrogens with zero attached hydrogens (tertiary/aromatic N) is 2. The Morgan fingerprint density at radius 2 is 2.00 bits per heavy atom. The maximum absolute atomic E-state index is 13.0. The first kappa shape index (κ1) is 23.7. The highest BCUT2D eigenvalue weighted by Crippen LogP contribution is 2.21. The number of anilines is 1. The number of urea groups is 1. The average molecular weight is 412 g/mol. The number of piperidine rings is 1. The molecule has 0 radical (unpaired) electrons. The summed E-state index contributed by atoms with van der Waals surface area (Å²) in [5.41, 5.74) is 6.49. The van der Waals surface area contributed by atoms with Crippen molar-refractivity contribution in [1.82, 2.24) is 15.1 Å². The summed E-state index contributed by atoms with van der Waals surface area (Å²) >= 11 is 0. The summed E-state index contributed by atoms with van der Waals surface area (Å²) in [7, 11) is 3.31. The summed E-state index contributed by atoms with van der Waals surface area (Å²) in [5.74, 6) is -0.183. The molecule has 4 N–H and O–H groups in total. The smallest absolute Gasteiger partial charge is 0.321 e. The van der Waals surface area contributed by atoms with E-state index < -0.39 is 0 Å². The second kappa shape index (κ2) is 11.5. The van der Waals surface area contributed by atoms with Gasteiger partial charge in [0.15, 0.2) is 0 Å². The van der Waals surface area contributed by atoms with E-state index in [-0.39, 0.29) is 42.7 Å². The lowest BCUT2D eigenvalue weighted by molar-refractivity contribution is -0.121. The summed E-state index contributed by atoms with van der Waals surface area (Å²) in [6.07, 6.45) is 3.11. The molecule has 0 aliphatic carbocycles. The minimum Gasteiger partial charge on any atom is -0.354 e. The minimum absolute atomic E-state index is 0. The van der Waals surface area contributed by atoms with Gasteiger partial charge in [0.05, 0.1) is 0 Å². The third kappa shape index (κ3) is 6.69. The molecule has 0 bridgehead atoms. The number of nitrogens with one attached hydrogen (secondary N) is 2. The number of halogens is 1. The van der Waals surface area contributed by atoms with E-state index in [1.54, 1.807) is 38.4 Å². The fraction of sp³-hybridized carbons (Fsp3) is 0.526. The molecule has 1 atom stereocenters. The topological polar surface area (TPSA) is 108 Å². The van der Waals surface area contributed by atoms with Crippen molar-refractivity contribution in [2.75, 3.05) is 39.0 Å². The molecule has 1 aliphatic heterocycles. The van der Waals surface area contributed by atoms with Crippen LogP contribution in [0.1, 0.15) is 36.0 Å². The monoisotopic (exact) mass is 411 g/mol. The Bertz CT molecular complexity index is 683. The van der Waals surface area contributed by atoms with Crippen LogP contribution in [0.5, 0.6) is 0 Å². The molecule has 1 saturated heterocycles. The molecule has 2 rings (SSSR count). The van der Waals surface area contributed by atoms with Gasteiger partial charge in [0.1, 0.15) is 0 Å². The van der Waals surface area contributed by atoms with E-state index in [1.807, 2.05) is 4.90 Å². The van der Waals surface area contributed by atoms with Crippen molar-refractivity contribution < 1.29 is 14.4 Å². The van der Waals surface area contributed by atoms with E-state index in [1.165, 1.54) is 4.90 Å². The van der Waals surface area contributed by atoms with Gasteiger partial charge in [0, 0.05) is 57.4 Å². The van der Waals surface area contributed by atoms with E-state index in [2.05, 4.69) is 10.6 Å². The molecule has 1 aliphatic rings. The Balaban J connectivity index is 0.00000392. The third-order valence-electron chi connectivity index (χ3n) is 4.56. The van der Waals surface area contributed by atoms with Crippen molar-refractivity contribution in [2.24, 2.45) is 5.73 Å². The number of nitrogens with two attached hydrogens (primary N) is 1. The predicted octanol–water partition coefficient (Wildman–Crippen LogP) is 1.66. The molecule has 8 nitrogen and oxygen atoms in total. The Morgan fingerprint density at radius 1 is 1.25 bits per heavy atom. The maximum Gasteiger partial charge on any atom is 0.321 e. The molecular weight excluding hydrogens is 382 g/mol. The van der Waals surface area contributed by atoms with Crippen LogP contribution in [-0.4, -0.2) is 67.4 Å². The maximum atomic E-state index is 13.0. The molecular formula is C19H30ClN5O3. The van der Waals surface area contributed by atoms with Crippen molar-refractivity contribution in [1.29, 1.82) is 0 Å². The van der Waals surface area contributed by atoms with Crippen LogP contribution in [0.4, 0.5) is 10.5 Å². The third-order valence-corrected chi connectivity index (χ3v) is 4.56. The number of amides is 4. The first-order chi connectivity index (χ1) is 12.9. The Kier molecular flexibility index (Phi) is 9.75. The molecule has 156 valence electrons. The zero-order valence-electron chi connectivity index (χ0n) is 16.4. The Labute approximate surface area is 172 Å². The number of carbonyl (C=O) groups excluding carboxylic acids is 3. The van der Waals surface area contributed by atoms with Crippen LogP contribution in [0, 0.1) is 0 Å². The molecule has 0 aromatic heterocycles. The van der Waals surface area contributed by atoms with E-state index in [4.69, 9.17) is 5.73 Å². The van der Waals surface area contributed by atoms with Crippen LogP contribution in [0.15, 0.2) is 24.3 Å². The number of benzene rings is 1. The van der Waals surface area contributed by atoms with Gasteiger partial charge < -0.3 is 26.2 Å². The van der Waals surface area contributed by atoms with Crippen LogP contribution >= 0.6 is 12.4 Å². The zero-order chi connectivity index (χ0) is 19.8. The number of hydrogen-bond donors (Lipinski definition) is 3. The highest BCUT2D eigenvalue weighted by molar-refractivity contribution is 5.97. The Morgan fingerprint density at radius 3 is 2.68 bits per heavy atom. The Hall–Kier alpha value is -2.32. The van der Waals surface area contributed by atoms with Gasteiger partial charge in [-0.2, -0.15) is 0 Å². The average Bonchev–Trinajstić information content (AvgIpc) is 2.66. The van der Waals surface area contributed by atoms with Crippen LogP contribution in [0.25, 0.3) is 0 Å². The lowest BCUT2D eigenvalue weighted by atomic mass is 10.0. The van der Waals surface area contributed by atoms with Crippen LogP contribution < -0.4 is 16.4 Å². The SMILES string of the molecule is CN(C)C(=O)Nc1cccc(C(=O)N2CCCCC2CNC(=O)CCN)c1.Cl. The summed E-state index contributed by atoms with van der Waals surface area (Å²) in [6, 6.07) is 6.64. The molecule has 1 aromatic rings. The van der Waals surface area contributed by atoms with Crippen LogP contribution in [0.2, 0.25) is 0 Å². The first-order valence-electron chi connectivity index (χ1n) is 9.28. The second-order valence-electron chi connectivity index (χ2n) is 6.90. The fourth-order valence-electron chi connectivity index (χ4n) is 3.06. The largest absolute Gasteiger partial charge is 0.354 e. The second-order valence-corrected chi connectivity index (χ2v) is 6.90. The minimum atomic E-state index is -0.252. The van der Waals surface area contributed by atoms with Gasteiger partial charge in [-0.15, -0.1) is 12.4 Å². The molecule has 0 spiro atoms. The lowest BCUT2D eigenvalue weighted by Crippen LogP contribution is -2.49. The van der Waals surface area contributed by atoms with Gasteiger partial charge in [-0.05, 0) is 37.5 Å². The molecule has 0 saturated carbocycles. The van der Waals surface area contributed by atoms with Crippen LogP contribution in [0.3, 0.4) is 0 Å². The molecule has 9 heteroatoms. The van der Waals surface area contributed by atoms with Gasteiger partial charge in [0.25, 0.3) is 5.91 Å². The fourth-order valence-corrected chi connectivity index (χ4v) is 3.06. The van der Waals surface area contributed by atoms with Crippen molar-refractivity contribution in [3.05, 3.63) is 29.8 Å². The molecule has 1 heterocycles. The molecule has 4 amide bonds. The van der Waals surface area contributed by atoms with E-state index in [0.29, 0.717) is 30.9 Å². The van der Waals surface area contributed by atoms with Gasteiger partial charge >= 0.3 is 6.03 Å². The van der Waals surface area contributed by atoms with Gasteiger partial charge in [0.2, 0.25) is 5.91 Å². The molecule has 28 heavy (non-hydrogen) atoms. The zero-order valence-corrected chi connectivity index (χ0v) is 17.3. The molecule has 1 fully saturated rings. The highest BCUT2D eigenvalue weighted by atomic mass is 35.5. The number of hydrogen-bond acceptors (Lipinski definition) is 4. The summed E-state index contributed by atoms with van der Waals surface area (Å²) < 4.78 is 0. The summed E-state index contributed by atoms with van der Waals surface area (Å²) in [4.78, 5) is 39.8. The first-order valence-corrected chi connectivity index (χ1v) is 9.28. The van der Waals surface area contributed by atoms with Gasteiger partial charge in [-0.3, -0.25) is 9.59 Å². The van der Waals surface area contributed by atoms with Gasteiger partial charge in [-0.1, -0.05) is 6.07 Å². The highest BCUT2D eigenvalue weighted by Gasteiger charge is 2.27. The van der Waals surface area contributed by atoms with Gasteiger partial charge in [-0.25, -0.2) is 4.79 Å². The van der Waals surface area contributed by atoms with Crippen molar-refractivity contribution >= 4 is 35.9 Å². The number of likely N-dealkylation sites (tertiary alicyclic amines) is 1. The predicted molar refractivity (Wildman–Crippen MR) is 112 cm³/mol. The standard InChI is InChI=1S/C19H29N5O3.ClH/c1-23(2)19(27)22-15-7-5-6-14(12-15)18(26)24-11-4-3-8-16(24)13-21-17(25)9-10-20;/h5-7,12,16H,3-4,8-11,13,20H2,1-2H3,(H,21,25)(H,22,27);1H.